The molecular formula is C11H12BrN3O2S2. The van der Waals surface area contributed by atoms with Crippen molar-refractivity contribution in [2.45, 2.75) is 18.4 Å². The van der Waals surface area contributed by atoms with E-state index in [9.17, 15) is 8.42 Å². The number of hydrogen-bond acceptors (Lipinski definition) is 5. The lowest BCUT2D eigenvalue weighted by Gasteiger charge is -2.07. The number of thiazole rings is 1. The third kappa shape index (κ3) is 3.53. The van der Waals surface area contributed by atoms with E-state index < -0.39 is 10.0 Å². The molecule has 1 aromatic carbocycles. The van der Waals surface area contributed by atoms with E-state index in [1.54, 1.807) is 12.1 Å². The van der Waals surface area contributed by atoms with Crippen LogP contribution in [0.3, 0.4) is 0 Å². The molecule has 2 aromatic rings. The van der Waals surface area contributed by atoms with E-state index in [0.29, 0.717) is 10.2 Å². The smallest absolute Gasteiger partial charge is 0.242 e. The van der Waals surface area contributed by atoms with Crippen LogP contribution in [0, 0.1) is 6.92 Å². The van der Waals surface area contributed by atoms with Crippen molar-refractivity contribution >= 4 is 43.0 Å². The number of sulfonamides is 1. The van der Waals surface area contributed by atoms with Gasteiger partial charge >= 0.3 is 0 Å². The molecule has 0 radical (unpaired) electrons. The first-order valence-electron chi connectivity index (χ1n) is 5.34. The number of hydrogen-bond donors (Lipinski definition) is 2. The first-order chi connectivity index (χ1) is 8.88. The lowest BCUT2D eigenvalue weighted by molar-refractivity contribution is 0.580. The third-order valence-corrected chi connectivity index (χ3v) is 5.67. The van der Waals surface area contributed by atoms with Gasteiger partial charge in [-0.25, -0.2) is 18.1 Å². The molecule has 0 aliphatic carbocycles. The molecule has 0 aliphatic heterocycles. The number of aromatic nitrogens is 1. The maximum Gasteiger partial charge on any atom is 0.242 e. The Hall–Kier alpha value is -0.960. The molecule has 2 rings (SSSR count). The van der Waals surface area contributed by atoms with Crippen LogP contribution in [0.5, 0.6) is 0 Å². The third-order valence-electron chi connectivity index (χ3n) is 2.33. The van der Waals surface area contributed by atoms with Gasteiger partial charge in [0.05, 0.1) is 11.4 Å². The van der Waals surface area contributed by atoms with Crippen LogP contribution in [-0.2, 0) is 16.6 Å². The Morgan fingerprint density at radius 1 is 1.47 bits per heavy atom. The molecule has 0 unspecified atom stereocenters. The summed E-state index contributed by atoms with van der Waals surface area (Å²) in [5.74, 6) is 0. The number of anilines is 1. The fourth-order valence-electron chi connectivity index (χ4n) is 1.45. The number of aryl methyl sites for hydroxylation is 1. The van der Waals surface area contributed by atoms with Crippen molar-refractivity contribution in [1.29, 1.82) is 0 Å². The van der Waals surface area contributed by atoms with E-state index >= 15 is 0 Å². The van der Waals surface area contributed by atoms with Crippen LogP contribution in [0.2, 0.25) is 0 Å². The maximum absolute atomic E-state index is 12.1. The summed E-state index contributed by atoms with van der Waals surface area (Å²) in [5.41, 5.74) is 6.97. The first kappa shape index (κ1) is 14.4. The minimum atomic E-state index is -3.58. The summed E-state index contributed by atoms with van der Waals surface area (Å²) in [6, 6.07) is 4.57. The van der Waals surface area contributed by atoms with Gasteiger partial charge in [0, 0.05) is 21.2 Å². The predicted octanol–water partition coefficient (Wildman–Crippen LogP) is 2.27. The molecule has 3 N–H and O–H groups in total. The lowest BCUT2D eigenvalue weighted by atomic mass is 10.3. The fraction of sp³-hybridized carbons (Fsp3) is 0.182. The van der Waals surface area contributed by atoms with Crippen molar-refractivity contribution in [3.63, 3.8) is 0 Å². The monoisotopic (exact) mass is 361 g/mol. The number of nitrogen functional groups attached to an aromatic ring is 1. The Balaban J connectivity index is 2.18. The molecule has 0 amide bonds. The molecule has 19 heavy (non-hydrogen) atoms. The van der Waals surface area contributed by atoms with E-state index in [1.807, 2.05) is 12.3 Å². The van der Waals surface area contributed by atoms with Crippen LogP contribution in [0.25, 0.3) is 0 Å². The molecular weight excluding hydrogens is 350 g/mol. The highest BCUT2D eigenvalue weighted by molar-refractivity contribution is 9.10. The summed E-state index contributed by atoms with van der Waals surface area (Å²) in [7, 11) is -3.58. The van der Waals surface area contributed by atoms with Gasteiger partial charge in [0.1, 0.15) is 5.01 Å². The minimum Gasteiger partial charge on any atom is -0.399 e. The molecule has 0 atom stereocenters. The standard InChI is InChI=1S/C11H12BrN3O2S2/c1-7-6-18-11(15-7)5-14-19(16,17)10-3-2-8(13)4-9(10)12/h2-4,6,14H,5,13H2,1H3. The Morgan fingerprint density at radius 3 is 2.79 bits per heavy atom. The van der Waals surface area contributed by atoms with E-state index in [1.165, 1.54) is 17.4 Å². The van der Waals surface area contributed by atoms with Gasteiger partial charge in [0.15, 0.2) is 0 Å². The Morgan fingerprint density at radius 2 is 2.21 bits per heavy atom. The zero-order valence-electron chi connectivity index (χ0n) is 10.1. The molecule has 8 heteroatoms. The summed E-state index contributed by atoms with van der Waals surface area (Å²) in [6.07, 6.45) is 0. The van der Waals surface area contributed by atoms with E-state index in [2.05, 4.69) is 25.6 Å². The van der Waals surface area contributed by atoms with Gasteiger partial charge < -0.3 is 5.73 Å². The zero-order valence-corrected chi connectivity index (χ0v) is 13.3. The number of nitrogens with zero attached hydrogens (tertiary/aromatic N) is 1. The van der Waals surface area contributed by atoms with Gasteiger partial charge in [-0.15, -0.1) is 11.3 Å². The van der Waals surface area contributed by atoms with Crippen molar-refractivity contribution in [2.75, 3.05) is 5.73 Å². The highest BCUT2D eigenvalue weighted by Crippen LogP contribution is 2.24. The maximum atomic E-state index is 12.1. The summed E-state index contributed by atoms with van der Waals surface area (Å²) in [6.45, 7) is 2.04. The average molecular weight is 362 g/mol. The van der Waals surface area contributed by atoms with Gasteiger partial charge in [-0.05, 0) is 41.1 Å². The average Bonchev–Trinajstić information content (AvgIpc) is 2.72. The molecule has 0 spiro atoms. The normalized spacial score (nSPS) is 11.7. The second-order valence-electron chi connectivity index (χ2n) is 3.90. The van der Waals surface area contributed by atoms with Crippen molar-refractivity contribution in [3.05, 3.63) is 38.8 Å². The minimum absolute atomic E-state index is 0.162. The predicted molar refractivity (Wildman–Crippen MR) is 79.4 cm³/mol. The second-order valence-corrected chi connectivity index (χ2v) is 7.43. The zero-order chi connectivity index (χ0) is 14.0. The Labute approximate surface area is 124 Å². The van der Waals surface area contributed by atoms with Gasteiger partial charge in [-0.1, -0.05) is 0 Å². The van der Waals surface area contributed by atoms with Gasteiger partial charge in [-0.2, -0.15) is 0 Å². The highest BCUT2D eigenvalue weighted by Gasteiger charge is 2.17. The van der Waals surface area contributed by atoms with Crippen molar-refractivity contribution < 1.29 is 8.42 Å². The SMILES string of the molecule is Cc1csc(CNS(=O)(=O)c2ccc(N)cc2Br)n1. The van der Waals surface area contributed by atoms with Gasteiger partial charge in [0.25, 0.3) is 0 Å². The second kappa shape index (κ2) is 5.58. The van der Waals surface area contributed by atoms with Crippen LogP contribution in [0.15, 0.2) is 32.9 Å². The molecule has 1 aromatic heterocycles. The molecule has 0 bridgehead atoms. The van der Waals surface area contributed by atoms with Crippen LogP contribution in [0.4, 0.5) is 5.69 Å². The highest BCUT2D eigenvalue weighted by atomic mass is 79.9. The van der Waals surface area contributed by atoms with Gasteiger partial charge in [0.2, 0.25) is 10.0 Å². The van der Waals surface area contributed by atoms with Crippen LogP contribution in [0.1, 0.15) is 10.7 Å². The van der Waals surface area contributed by atoms with Crippen molar-refractivity contribution in [1.82, 2.24) is 9.71 Å². The molecule has 0 aliphatic rings. The van der Waals surface area contributed by atoms with Crippen LogP contribution < -0.4 is 10.5 Å². The number of rotatable bonds is 4. The molecule has 0 fully saturated rings. The van der Waals surface area contributed by atoms with Crippen molar-refractivity contribution in [3.8, 4) is 0 Å². The van der Waals surface area contributed by atoms with Crippen LogP contribution in [-0.4, -0.2) is 13.4 Å². The molecule has 5 nitrogen and oxygen atoms in total. The number of halogens is 1. The topological polar surface area (TPSA) is 85.1 Å². The van der Waals surface area contributed by atoms with E-state index in [4.69, 9.17) is 5.73 Å². The summed E-state index contributed by atoms with van der Waals surface area (Å²) in [5, 5.41) is 2.61. The van der Waals surface area contributed by atoms with E-state index in [-0.39, 0.29) is 11.4 Å². The number of nitrogens with one attached hydrogen (secondary N) is 1. The number of benzene rings is 1. The summed E-state index contributed by atoms with van der Waals surface area (Å²) >= 11 is 4.62. The Bertz CT molecular complexity index is 698. The number of nitrogens with two attached hydrogens (primary N) is 1. The molecule has 102 valence electrons. The van der Waals surface area contributed by atoms with Crippen LogP contribution >= 0.6 is 27.3 Å². The van der Waals surface area contributed by atoms with E-state index in [0.717, 1.165) is 10.7 Å². The molecule has 1 heterocycles. The first-order valence-corrected chi connectivity index (χ1v) is 8.50. The lowest BCUT2D eigenvalue weighted by Crippen LogP contribution is -2.23. The van der Waals surface area contributed by atoms with Gasteiger partial charge in [-0.3, -0.25) is 0 Å². The quantitative estimate of drug-likeness (QED) is 0.818. The molecule has 0 saturated heterocycles. The largest absolute Gasteiger partial charge is 0.399 e. The summed E-state index contributed by atoms with van der Waals surface area (Å²) in [4.78, 5) is 4.37. The van der Waals surface area contributed by atoms with Crippen molar-refractivity contribution in [2.24, 2.45) is 0 Å². The summed E-state index contributed by atoms with van der Waals surface area (Å²) < 4.78 is 27.2. The Kier molecular flexibility index (Phi) is 4.24. The fourth-order valence-corrected chi connectivity index (χ4v) is 4.34. The molecule has 0 saturated carbocycles.